The van der Waals surface area contributed by atoms with Crippen molar-refractivity contribution in [2.75, 3.05) is 5.73 Å². The van der Waals surface area contributed by atoms with E-state index in [2.05, 4.69) is 6.92 Å². The molecule has 0 bridgehead atoms. The smallest absolute Gasteiger partial charge is 0.123 e. The lowest BCUT2D eigenvalue weighted by Crippen LogP contribution is -1.93. The predicted molar refractivity (Wildman–Crippen MR) is 59.4 cm³/mol. The van der Waals surface area contributed by atoms with Crippen molar-refractivity contribution in [1.82, 2.24) is 0 Å². The molecule has 0 aromatic heterocycles. The first-order valence-corrected chi connectivity index (χ1v) is 4.73. The highest BCUT2D eigenvalue weighted by molar-refractivity contribution is 5.93. The Bertz CT molecular complexity index is 477. The average molecular weight is 187 g/mol. The number of aromatic hydroxyl groups is 1. The number of phenols is 1. The van der Waals surface area contributed by atoms with Crippen molar-refractivity contribution in [3.8, 4) is 5.75 Å². The van der Waals surface area contributed by atoms with E-state index < -0.39 is 0 Å². The minimum atomic E-state index is 0.317. The van der Waals surface area contributed by atoms with E-state index in [1.807, 2.05) is 24.3 Å². The molecule has 0 heterocycles. The minimum Gasteiger partial charge on any atom is -0.507 e. The van der Waals surface area contributed by atoms with Crippen LogP contribution in [0.1, 0.15) is 12.5 Å². The van der Waals surface area contributed by atoms with Crippen LogP contribution in [-0.4, -0.2) is 5.11 Å². The van der Waals surface area contributed by atoms with Crippen molar-refractivity contribution in [1.29, 1.82) is 0 Å². The molecule has 0 unspecified atom stereocenters. The highest BCUT2D eigenvalue weighted by atomic mass is 16.3. The molecule has 0 saturated carbocycles. The van der Waals surface area contributed by atoms with Crippen molar-refractivity contribution in [3.63, 3.8) is 0 Å². The molecule has 2 aromatic rings. The van der Waals surface area contributed by atoms with Gasteiger partial charge in [0.1, 0.15) is 5.75 Å². The van der Waals surface area contributed by atoms with Gasteiger partial charge in [-0.1, -0.05) is 19.1 Å². The van der Waals surface area contributed by atoms with Crippen molar-refractivity contribution in [2.45, 2.75) is 13.3 Å². The second-order valence-corrected chi connectivity index (χ2v) is 3.36. The van der Waals surface area contributed by atoms with Crippen molar-refractivity contribution < 1.29 is 5.11 Å². The van der Waals surface area contributed by atoms with Gasteiger partial charge in [0, 0.05) is 11.1 Å². The van der Waals surface area contributed by atoms with E-state index in [-0.39, 0.29) is 0 Å². The molecule has 2 aromatic carbocycles. The normalized spacial score (nSPS) is 10.6. The van der Waals surface area contributed by atoms with Crippen LogP contribution in [0.3, 0.4) is 0 Å². The third-order valence-electron chi connectivity index (χ3n) is 2.54. The molecule has 3 N–H and O–H groups in total. The van der Waals surface area contributed by atoms with Crippen LogP contribution in [0.5, 0.6) is 5.75 Å². The number of aryl methyl sites for hydroxylation is 1. The fraction of sp³-hybridized carbons (Fsp3) is 0.167. The molecule has 0 fully saturated rings. The van der Waals surface area contributed by atoms with Crippen LogP contribution in [0.15, 0.2) is 30.3 Å². The highest BCUT2D eigenvalue weighted by Crippen LogP contribution is 2.30. The number of phenolic OH excluding ortho intramolecular Hbond substituents is 1. The molecule has 2 heteroatoms. The average Bonchev–Trinajstić information content (AvgIpc) is 2.18. The van der Waals surface area contributed by atoms with Gasteiger partial charge < -0.3 is 10.8 Å². The van der Waals surface area contributed by atoms with Crippen LogP contribution in [0, 0.1) is 0 Å². The van der Waals surface area contributed by atoms with E-state index in [4.69, 9.17) is 5.73 Å². The number of anilines is 1. The molecule has 2 rings (SSSR count). The standard InChI is InChI=1S/C12H13NO/c1-2-8-9-4-3-5-12(14)10(9)6-7-11(8)13/h3-7,14H,2,13H2,1H3. The number of fused-ring (bicyclic) bond motifs is 1. The largest absolute Gasteiger partial charge is 0.507 e. The van der Waals surface area contributed by atoms with E-state index in [1.54, 1.807) is 6.07 Å². The molecule has 0 aliphatic heterocycles. The van der Waals surface area contributed by atoms with Gasteiger partial charge >= 0.3 is 0 Å². The molecule has 0 saturated heterocycles. The van der Waals surface area contributed by atoms with Crippen LogP contribution < -0.4 is 5.73 Å². The summed E-state index contributed by atoms with van der Waals surface area (Å²) >= 11 is 0. The number of rotatable bonds is 1. The van der Waals surface area contributed by atoms with Gasteiger partial charge in [0.05, 0.1) is 0 Å². The molecule has 14 heavy (non-hydrogen) atoms. The third kappa shape index (κ3) is 1.20. The van der Waals surface area contributed by atoms with Gasteiger partial charge in [-0.2, -0.15) is 0 Å². The lowest BCUT2D eigenvalue weighted by Gasteiger charge is -2.08. The summed E-state index contributed by atoms with van der Waals surface area (Å²) in [5, 5.41) is 11.6. The third-order valence-corrected chi connectivity index (χ3v) is 2.54. The summed E-state index contributed by atoms with van der Waals surface area (Å²) in [6, 6.07) is 9.23. The van der Waals surface area contributed by atoms with Crippen molar-refractivity contribution >= 4 is 16.5 Å². The Morgan fingerprint density at radius 3 is 2.64 bits per heavy atom. The maximum Gasteiger partial charge on any atom is 0.123 e. The first-order valence-electron chi connectivity index (χ1n) is 4.73. The molecular weight excluding hydrogens is 174 g/mol. The summed E-state index contributed by atoms with van der Waals surface area (Å²) in [5.41, 5.74) is 7.77. The quantitative estimate of drug-likeness (QED) is 0.674. The second-order valence-electron chi connectivity index (χ2n) is 3.36. The topological polar surface area (TPSA) is 46.2 Å². The van der Waals surface area contributed by atoms with E-state index >= 15 is 0 Å². The monoisotopic (exact) mass is 187 g/mol. The Kier molecular flexibility index (Phi) is 2.04. The highest BCUT2D eigenvalue weighted by Gasteiger charge is 2.05. The van der Waals surface area contributed by atoms with Crippen LogP contribution in [0.2, 0.25) is 0 Å². The lowest BCUT2D eigenvalue weighted by molar-refractivity contribution is 0.481. The molecule has 0 aliphatic rings. The molecule has 72 valence electrons. The molecule has 0 spiro atoms. The van der Waals surface area contributed by atoms with E-state index in [0.29, 0.717) is 5.75 Å². The first-order chi connectivity index (χ1) is 6.74. The predicted octanol–water partition coefficient (Wildman–Crippen LogP) is 2.69. The van der Waals surface area contributed by atoms with Crippen LogP contribution in [0.4, 0.5) is 5.69 Å². The molecule has 2 nitrogen and oxygen atoms in total. The SMILES string of the molecule is CCc1c(N)ccc2c(O)cccc12. The van der Waals surface area contributed by atoms with Gasteiger partial charge in [0.15, 0.2) is 0 Å². The Morgan fingerprint density at radius 2 is 1.93 bits per heavy atom. The fourth-order valence-electron chi connectivity index (χ4n) is 1.82. The molecule has 0 aliphatic carbocycles. The van der Waals surface area contributed by atoms with E-state index in [0.717, 1.165) is 28.4 Å². The van der Waals surface area contributed by atoms with Crippen LogP contribution in [0.25, 0.3) is 10.8 Å². The van der Waals surface area contributed by atoms with E-state index in [9.17, 15) is 5.11 Å². The maximum atomic E-state index is 9.64. The van der Waals surface area contributed by atoms with Crippen molar-refractivity contribution in [3.05, 3.63) is 35.9 Å². The van der Waals surface area contributed by atoms with Gasteiger partial charge in [-0.3, -0.25) is 0 Å². The fourth-order valence-corrected chi connectivity index (χ4v) is 1.82. The summed E-state index contributed by atoms with van der Waals surface area (Å²) < 4.78 is 0. The number of hydrogen-bond donors (Lipinski definition) is 2. The molecule has 0 atom stereocenters. The number of hydrogen-bond acceptors (Lipinski definition) is 2. The van der Waals surface area contributed by atoms with Gasteiger partial charge in [-0.15, -0.1) is 0 Å². The summed E-state index contributed by atoms with van der Waals surface area (Å²) in [6.45, 7) is 2.06. The van der Waals surface area contributed by atoms with Crippen molar-refractivity contribution in [2.24, 2.45) is 0 Å². The first kappa shape index (κ1) is 8.88. The Morgan fingerprint density at radius 1 is 1.14 bits per heavy atom. The Labute approximate surface area is 83.0 Å². The molecule has 0 amide bonds. The van der Waals surface area contributed by atoms with Crippen LogP contribution in [-0.2, 0) is 6.42 Å². The van der Waals surface area contributed by atoms with Gasteiger partial charge in [0.2, 0.25) is 0 Å². The van der Waals surface area contributed by atoms with Gasteiger partial charge in [-0.25, -0.2) is 0 Å². The van der Waals surface area contributed by atoms with E-state index in [1.165, 1.54) is 0 Å². The zero-order chi connectivity index (χ0) is 10.1. The Balaban J connectivity index is 2.88. The molecular formula is C12H13NO. The molecule has 0 radical (unpaired) electrons. The maximum absolute atomic E-state index is 9.64. The van der Waals surface area contributed by atoms with Gasteiger partial charge in [-0.05, 0) is 35.6 Å². The number of benzene rings is 2. The summed E-state index contributed by atoms with van der Waals surface area (Å²) in [6.07, 6.45) is 0.882. The van der Waals surface area contributed by atoms with Gasteiger partial charge in [0.25, 0.3) is 0 Å². The summed E-state index contributed by atoms with van der Waals surface area (Å²) in [7, 11) is 0. The second kappa shape index (κ2) is 3.22. The number of nitrogen functional groups attached to an aromatic ring is 1. The lowest BCUT2D eigenvalue weighted by atomic mass is 10.0. The number of nitrogens with two attached hydrogens (primary N) is 1. The Hall–Kier alpha value is -1.70. The minimum absolute atomic E-state index is 0.317. The summed E-state index contributed by atoms with van der Waals surface area (Å²) in [4.78, 5) is 0. The summed E-state index contributed by atoms with van der Waals surface area (Å²) in [5.74, 6) is 0.317. The zero-order valence-electron chi connectivity index (χ0n) is 8.12. The van der Waals surface area contributed by atoms with Crippen LogP contribution >= 0.6 is 0 Å². The zero-order valence-corrected chi connectivity index (χ0v) is 8.12.